The molecule has 0 aliphatic heterocycles. The van der Waals surface area contributed by atoms with Crippen molar-refractivity contribution in [1.29, 1.82) is 5.26 Å². The predicted molar refractivity (Wildman–Crippen MR) is 123 cm³/mol. The van der Waals surface area contributed by atoms with E-state index in [1.165, 1.54) is 18.7 Å². The molecule has 0 atom stereocenters. The van der Waals surface area contributed by atoms with E-state index < -0.39 is 0 Å². The molecule has 0 aliphatic rings. The van der Waals surface area contributed by atoms with Gasteiger partial charge in [0.15, 0.2) is 16.8 Å². The van der Waals surface area contributed by atoms with Crippen LogP contribution in [0.2, 0.25) is 5.02 Å². The van der Waals surface area contributed by atoms with Crippen molar-refractivity contribution in [3.63, 3.8) is 0 Å². The molecule has 2 aromatic heterocycles. The van der Waals surface area contributed by atoms with Gasteiger partial charge in [-0.3, -0.25) is 9.36 Å². The van der Waals surface area contributed by atoms with E-state index in [1.54, 1.807) is 12.4 Å². The molecule has 0 unspecified atom stereocenters. The van der Waals surface area contributed by atoms with Crippen molar-refractivity contribution < 1.29 is 4.79 Å². The van der Waals surface area contributed by atoms with Crippen LogP contribution in [0.5, 0.6) is 0 Å². The average molecular weight is 464 g/mol. The number of benzene rings is 2. The van der Waals surface area contributed by atoms with Crippen molar-refractivity contribution in [2.45, 2.75) is 18.6 Å². The molecule has 0 amide bonds. The fourth-order valence-electron chi connectivity index (χ4n) is 3.23. The van der Waals surface area contributed by atoms with Crippen molar-refractivity contribution in [3.8, 4) is 11.8 Å². The Balaban J connectivity index is 1.71. The van der Waals surface area contributed by atoms with E-state index in [1.807, 2.05) is 57.7 Å². The van der Waals surface area contributed by atoms with Crippen LogP contribution in [0.1, 0.15) is 12.7 Å². The molecule has 0 aliphatic carbocycles. The maximum absolute atomic E-state index is 12.4. The van der Waals surface area contributed by atoms with E-state index in [2.05, 4.69) is 15.2 Å². The van der Waals surface area contributed by atoms with Gasteiger partial charge in [0.2, 0.25) is 0 Å². The number of hydrogen-bond donors (Lipinski definition) is 1. The Morgan fingerprint density at radius 1 is 1.19 bits per heavy atom. The molecule has 160 valence electrons. The number of allylic oxidation sites excluding steroid dienone is 2. The lowest BCUT2D eigenvalue weighted by Crippen LogP contribution is -2.12. The lowest BCUT2D eigenvalue weighted by molar-refractivity contribution is -0.112. The first-order valence-corrected chi connectivity index (χ1v) is 11.0. The van der Waals surface area contributed by atoms with Crippen molar-refractivity contribution in [2.75, 3.05) is 5.75 Å². The number of ketones is 1. The Morgan fingerprint density at radius 2 is 1.94 bits per heavy atom. The SMILES string of the molecule is C/C(N)=C(/C#N)C(=O)CSc1nnc(Cn2cnc3ccccc32)n1-c1ccccc1Cl. The summed E-state index contributed by atoms with van der Waals surface area (Å²) in [6.07, 6.45) is 1.75. The Bertz CT molecular complexity index is 1380. The third kappa shape index (κ3) is 4.23. The van der Waals surface area contributed by atoms with E-state index in [-0.39, 0.29) is 22.8 Å². The zero-order chi connectivity index (χ0) is 22.7. The third-order valence-electron chi connectivity index (χ3n) is 4.75. The number of nitrogens with two attached hydrogens (primary N) is 1. The fraction of sp³-hybridized carbons (Fsp3) is 0.136. The molecule has 2 heterocycles. The number of hydrogen-bond acceptors (Lipinski definition) is 7. The second-order valence-electron chi connectivity index (χ2n) is 6.93. The Labute approximate surface area is 193 Å². The minimum Gasteiger partial charge on any atom is -0.401 e. The summed E-state index contributed by atoms with van der Waals surface area (Å²) in [7, 11) is 0. The first kappa shape index (κ1) is 21.6. The molecule has 8 nitrogen and oxygen atoms in total. The zero-order valence-corrected chi connectivity index (χ0v) is 18.6. The summed E-state index contributed by atoms with van der Waals surface area (Å²) >= 11 is 7.65. The molecule has 4 aromatic rings. The van der Waals surface area contributed by atoms with Gasteiger partial charge in [0.25, 0.3) is 0 Å². The van der Waals surface area contributed by atoms with Gasteiger partial charge in [-0.15, -0.1) is 10.2 Å². The minimum atomic E-state index is -0.367. The second kappa shape index (κ2) is 9.26. The predicted octanol–water partition coefficient (Wildman–Crippen LogP) is 3.74. The summed E-state index contributed by atoms with van der Waals surface area (Å²) in [6.45, 7) is 1.93. The lowest BCUT2D eigenvalue weighted by atomic mass is 10.2. The number of para-hydroxylation sites is 3. The van der Waals surface area contributed by atoms with Gasteiger partial charge in [-0.05, 0) is 31.2 Å². The van der Waals surface area contributed by atoms with E-state index in [0.717, 1.165) is 11.0 Å². The van der Waals surface area contributed by atoms with Gasteiger partial charge < -0.3 is 10.3 Å². The highest BCUT2D eigenvalue weighted by atomic mass is 35.5. The number of carbonyl (C=O) groups is 1. The first-order chi connectivity index (χ1) is 15.5. The van der Waals surface area contributed by atoms with Gasteiger partial charge in [0, 0.05) is 5.70 Å². The number of Topliss-reactive ketones (excluding diaryl/α,β-unsaturated/α-hetero) is 1. The Kier molecular flexibility index (Phi) is 6.25. The number of fused-ring (bicyclic) bond motifs is 1. The normalized spacial score (nSPS) is 11.9. The summed E-state index contributed by atoms with van der Waals surface area (Å²) in [5, 5.41) is 18.9. The van der Waals surface area contributed by atoms with Gasteiger partial charge in [0.1, 0.15) is 11.6 Å². The lowest BCUT2D eigenvalue weighted by Gasteiger charge is -2.12. The van der Waals surface area contributed by atoms with Crippen LogP contribution in [0.4, 0.5) is 0 Å². The number of nitrogens with zero attached hydrogens (tertiary/aromatic N) is 6. The van der Waals surface area contributed by atoms with E-state index in [4.69, 9.17) is 17.3 Å². The highest BCUT2D eigenvalue weighted by Crippen LogP contribution is 2.28. The van der Waals surface area contributed by atoms with Crippen LogP contribution in [0.3, 0.4) is 0 Å². The minimum absolute atomic E-state index is 0.00593. The second-order valence-corrected chi connectivity index (χ2v) is 8.28. The number of carbonyl (C=O) groups excluding carboxylic acids is 1. The van der Waals surface area contributed by atoms with Crippen LogP contribution in [0.25, 0.3) is 16.7 Å². The van der Waals surface area contributed by atoms with Crippen molar-refractivity contribution in [2.24, 2.45) is 5.73 Å². The van der Waals surface area contributed by atoms with Crippen LogP contribution in [-0.2, 0) is 11.3 Å². The van der Waals surface area contributed by atoms with E-state index >= 15 is 0 Å². The highest BCUT2D eigenvalue weighted by Gasteiger charge is 2.20. The molecule has 10 heteroatoms. The molecular weight excluding hydrogens is 446 g/mol. The largest absolute Gasteiger partial charge is 0.401 e. The van der Waals surface area contributed by atoms with Gasteiger partial charge in [-0.2, -0.15) is 5.26 Å². The Morgan fingerprint density at radius 3 is 2.69 bits per heavy atom. The van der Waals surface area contributed by atoms with Crippen molar-refractivity contribution in [3.05, 3.63) is 77.0 Å². The number of aromatic nitrogens is 5. The average Bonchev–Trinajstić information content (AvgIpc) is 3.37. The molecule has 0 radical (unpaired) electrons. The van der Waals surface area contributed by atoms with Crippen LogP contribution in [-0.4, -0.2) is 35.9 Å². The van der Waals surface area contributed by atoms with Crippen LogP contribution >= 0.6 is 23.4 Å². The molecule has 0 bridgehead atoms. The summed E-state index contributed by atoms with van der Waals surface area (Å²) in [6, 6.07) is 17.0. The fourth-order valence-corrected chi connectivity index (χ4v) is 4.29. The maximum atomic E-state index is 12.4. The molecule has 0 saturated carbocycles. The number of rotatable bonds is 7. The van der Waals surface area contributed by atoms with Crippen molar-refractivity contribution in [1.82, 2.24) is 24.3 Å². The molecule has 2 aromatic carbocycles. The monoisotopic (exact) mass is 463 g/mol. The third-order valence-corrected chi connectivity index (χ3v) is 6.00. The highest BCUT2D eigenvalue weighted by molar-refractivity contribution is 7.99. The smallest absolute Gasteiger partial charge is 0.196 e. The number of imidazole rings is 1. The standard InChI is InChI=1S/C22H18ClN7OS/c1-14(25)15(10-24)20(31)12-32-22-28-27-21(30(22)18-8-4-2-6-16(18)23)11-29-13-26-17-7-3-5-9-19(17)29/h2-9,13H,11-12,25H2,1H3/b15-14+. The van der Waals surface area contributed by atoms with Crippen LogP contribution in [0.15, 0.2) is 71.3 Å². The van der Waals surface area contributed by atoms with Gasteiger partial charge in [-0.1, -0.05) is 47.6 Å². The quantitative estimate of drug-likeness (QED) is 0.252. The number of nitriles is 1. The molecule has 0 fully saturated rings. The summed E-state index contributed by atoms with van der Waals surface area (Å²) in [4.78, 5) is 16.9. The number of halogens is 1. The van der Waals surface area contributed by atoms with Gasteiger partial charge in [0.05, 0.1) is 40.4 Å². The van der Waals surface area contributed by atoms with E-state index in [9.17, 15) is 10.1 Å². The van der Waals surface area contributed by atoms with E-state index in [0.29, 0.717) is 28.2 Å². The molecule has 4 rings (SSSR count). The van der Waals surface area contributed by atoms with Crippen LogP contribution in [0, 0.1) is 11.3 Å². The topological polar surface area (TPSA) is 115 Å². The molecular formula is C22H18ClN7OS. The maximum Gasteiger partial charge on any atom is 0.196 e. The molecule has 2 N–H and O–H groups in total. The van der Waals surface area contributed by atoms with Gasteiger partial charge in [-0.25, -0.2) is 4.98 Å². The molecule has 0 saturated heterocycles. The first-order valence-electron chi connectivity index (χ1n) is 9.61. The summed E-state index contributed by atoms with van der Waals surface area (Å²) < 4.78 is 3.79. The number of thioether (sulfide) groups is 1. The Hall–Kier alpha value is -3.61. The zero-order valence-electron chi connectivity index (χ0n) is 17.1. The van der Waals surface area contributed by atoms with Crippen LogP contribution < -0.4 is 5.73 Å². The molecule has 32 heavy (non-hydrogen) atoms. The molecule has 0 spiro atoms. The summed E-state index contributed by atoms with van der Waals surface area (Å²) in [5.74, 6) is 0.254. The van der Waals surface area contributed by atoms with Crippen molar-refractivity contribution >= 4 is 40.2 Å². The summed E-state index contributed by atoms with van der Waals surface area (Å²) in [5.41, 5.74) is 8.33. The van der Waals surface area contributed by atoms with Gasteiger partial charge >= 0.3 is 0 Å².